The number of rotatable bonds is 6. The fourth-order valence-corrected chi connectivity index (χ4v) is 4.12. The van der Waals surface area contributed by atoms with Gasteiger partial charge in [-0.3, -0.25) is 4.21 Å². The summed E-state index contributed by atoms with van der Waals surface area (Å²) in [5.74, 6) is 1.25. The van der Waals surface area contributed by atoms with Crippen molar-refractivity contribution in [2.24, 2.45) is 0 Å². The molecule has 1 N–H and O–H groups in total. The Morgan fingerprint density at radius 2 is 1.73 bits per heavy atom. The number of nitrogens with one attached hydrogen (secondary N) is 1. The minimum atomic E-state index is -1.36. The Kier molecular flexibility index (Phi) is 5.18. The molecule has 2 unspecified atom stereocenters. The minimum absolute atomic E-state index is 0.230. The standard InChI is InChI=1S/C19H23N3O3S/c1-12(13-8-6-7-9-14(13)22(2)3)26(23)19-20-17-15(24-4)10-11-16(25-5)18(17)21-19/h6-12H,1-5H3,(H,20,21). The molecule has 0 aliphatic heterocycles. The molecule has 0 saturated carbocycles. The van der Waals surface area contributed by atoms with Crippen LogP contribution >= 0.6 is 0 Å². The monoisotopic (exact) mass is 373 g/mol. The molecule has 3 aromatic rings. The van der Waals surface area contributed by atoms with Gasteiger partial charge in [0.15, 0.2) is 5.16 Å². The molecule has 6 nitrogen and oxygen atoms in total. The highest BCUT2D eigenvalue weighted by Crippen LogP contribution is 2.35. The van der Waals surface area contributed by atoms with E-state index in [-0.39, 0.29) is 5.25 Å². The largest absolute Gasteiger partial charge is 0.494 e. The lowest BCUT2D eigenvalue weighted by Gasteiger charge is -2.20. The van der Waals surface area contributed by atoms with Crippen LogP contribution in [0, 0.1) is 0 Å². The number of fused-ring (bicyclic) bond motifs is 1. The van der Waals surface area contributed by atoms with Crippen molar-refractivity contribution in [3.8, 4) is 11.5 Å². The van der Waals surface area contributed by atoms with E-state index in [1.54, 1.807) is 26.4 Å². The van der Waals surface area contributed by atoms with E-state index in [1.165, 1.54) is 0 Å². The minimum Gasteiger partial charge on any atom is -0.494 e. The van der Waals surface area contributed by atoms with Crippen LogP contribution in [-0.2, 0) is 10.8 Å². The van der Waals surface area contributed by atoms with Crippen LogP contribution in [0.1, 0.15) is 17.7 Å². The molecule has 0 aliphatic carbocycles. The van der Waals surface area contributed by atoms with Crippen LogP contribution in [0.15, 0.2) is 41.6 Å². The molecule has 0 bridgehead atoms. The van der Waals surface area contributed by atoms with Gasteiger partial charge >= 0.3 is 0 Å². The van der Waals surface area contributed by atoms with Crippen molar-refractivity contribution in [2.45, 2.75) is 17.3 Å². The maximum atomic E-state index is 13.2. The third-order valence-corrected chi connectivity index (χ3v) is 5.83. The Labute approximate surface area is 155 Å². The van der Waals surface area contributed by atoms with Crippen molar-refractivity contribution in [1.29, 1.82) is 0 Å². The van der Waals surface area contributed by atoms with E-state index in [4.69, 9.17) is 9.47 Å². The molecule has 0 aliphatic rings. The first-order valence-corrected chi connectivity index (χ1v) is 9.46. The fourth-order valence-electron chi connectivity index (χ4n) is 2.97. The van der Waals surface area contributed by atoms with E-state index < -0.39 is 10.8 Å². The summed E-state index contributed by atoms with van der Waals surface area (Å²) >= 11 is 0. The lowest BCUT2D eigenvalue weighted by molar-refractivity contribution is 0.409. The molecule has 7 heteroatoms. The average Bonchev–Trinajstić information content (AvgIpc) is 3.11. The Morgan fingerprint density at radius 1 is 1.08 bits per heavy atom. The van der Waals surface area contributed by atoms with Gasteiger partial charge in [0, 0.05) is 19.8 Å². The van der Waals surface area contributed by atoms with Gasteiger partial charge in [-0.1, -0.05) is 18.2 Å². The first-order valence-electron chi connectivity index (χ1n) is 8.25. The van der Waals surface area contributed by atoms with Crippen molar-refractivity contribution in [1.82, 2.24) is 9.97 Å². The summed E-state index contributed by atoms with van der Waals surface area (Å²) < 4.78 is 24.0. The second-order valence-electron chi connectivity index (χ2n) is 6.13. The van der Waals surface area contributed by atoms with Gasteiger partial charge in [0.25, 0.3) is 0 Å². The zero-order chi connectivity index (χ0) is 18.8. The van der Waals surface area contributed by atoms with Gasteiger partial charge in [0.05, 0.1) is 30.3 Å². The first kappa shape index (κ1) is 18.3. The molecule has 0 amide bonds. The van der Waals surface area contributed by atoms with Gasteiger partial charge in [-0.25, -0.2) is 4.98 Å². The summed E-state index contributed by atoms with van der Waals surface area (Å²) in [5.41, 5.74) is 3.35. The highest BCUT2D eigenvalue weighted by atomic mass is 32.2. The summed E-state index contributed by atoms with van der Waals surface area (Å²) in [6, 6.07) is 11.6. The van der Waals surface area contributed by atoms with Crippen molar-refractivity contribution in [3.05, 3.63) is 42.0 Å². The van der Waals surface area contributed by atoms with Gasteiger partial charge in [-0.2, -0.15) is 0 Å². The number of anilines is 1. The van der Waals surface area contributed by atoms with Crippen LogP contribution in [0.5, 0.6) is 11.5 Å². The van der Waals surface area contributed by atoms with E-state index >= 15 is 0 Å². The average molecular weight is 373 g/mol. The second kappa shape index (κ2) is 7.37. The summed E-state index contributed by atoms with van der Waals surface area (Å²) in [5, 5.41) is 0.176. The highest BCUT2D eigenvalue weighted by Gasteiger charge is 2.23. The van der Waals surface area contributed by atoms with Crippen LogP contribution < -0.4 is 14.4 Å². The fraction of sp³-hybridized carbons (Fsp3) is 0.316. The topological polar surface area (TPSA) is 67.5 Å². The molecule has 138 valence electrons. The molecule has 0 radical (unpaired) electrons. The number of aromatic nitrogens is 2. The highest BCUT2D eigenvalue weighted by molar-refractivity contribution is 7.85. The number of para-hydroxylation sites is 1. The lowest BCUT2D eigenvalue weighted by Crippen LogP contribution is -2.14. The molecule has 3 rings (SSSR count). The smallest absolute Gasteiger partial charge is 0.198 e. The van der Waals surface area contributed by atoms with Gasteiger partial charge < -0.3 is 19.4 Å². The molecule has 1 heterocycles. The van der Waals surface area contributed by atoms with Crippen LogP contribution in [-0.4, -0.2) is 42.5 Å². The third kappa shape index (κ3) is 3.14. The quantitative estimate of drug-likeness (QED) is 0.716. The molecule has 0 fully saturated rings. The van der Waals surface area contributed by atoms with E-state index in [0.717, 1.165) is 11.3 Å². The zero-order valence-corrected chi connectivity index (χ0v) is 16.4. The van der Waals surface area contributed by atoms with E-state index in [1.807, 2.05) is 50.2 Å². The number of aromatic amines is 1. The molecular weight excluding hydrogens is 350 g/mol. The number of ether oxygens (including phenoxy) is 2. The predicted octanol–water partition coefficient (Wildman–Crippen LogP) is 3.51. The van der Waals surface area contributed by atoms with Crippen molar-refractivity contribution >= 4 is 27.5 Å². The molecule has 2 atom stereocenters. The zero-order valence-electron chi connectivity index (χ0n) is 15.6. The normalized spacial score (nSPS) is 13.4. The van der Waals surface area contributed by atoms with Crippen molar-refractivity contribution < 1.29 is 13.7 Å². The van der Waals surface area contributed by atoms with Gasteiger partial charge in [0.2, 0.25) is 0 Å². The Bertz CT molecular complexity index is 911. The van der Waals surface area contributed by atoms with Crippen LogP contribution in [0.25, 0.3) is 11.0 Å². The number of benzene rings is 2. The predicted molar refractivity (Wildman–Crippen MR) is 105 cm³/mol. The number of hydrogen-bond acceptors (Lipinski definition) is 5. The molecular formula is C19H23N3O3S. The maximum absolute atomic E-state index is 13.2. The molecule has 1 aromatic heterocycles. The van der Waals surface area contributed by atoms with Gasteiger partial charge in [-0.15, -0.1) is 0 Å². The summed E-state index contributed by atoms with van der Waals surface area (Å²) in [6.45, 7) is 1.94. The van der Waals surface area contributed by atoms with Crippen molar-refractivity contribution in [3.63, 3.8) is 0 Å². The van der Waals surface area contributed by atoms with Gasteiger partial charge in [0.1, 0.15) is 22.5 Å². The van der Waals surface area contributed by atoms with E-state index in [9.17, 15) is 4.21 Å². The maximum Gasteiger partial charge on any atom is 0.198 e. The van der Waals surface area contributed by atoms with E-state index in [2.05, 4.69) is 9.97 Å². The van der Waals surface area contributed by atoms with Gasteiger partial charge in [-0.05, 0) is 30.7 Å². The number of methoxy groups -OCH3 is 2. The Morgan fingerprint density at radius 3 is 2.38 bits per heavy atom. The molecule has 0 saturated heterocycles. The first-order chi connectivity index (χ1) is 12.5. The van der Waals surface area contributed by atoms with E-state index in [0.29, 0.717) is 27.7 Å². The molecule has 2 aromatic carbocycles. The molecule has 0 spiro atoms. The molecule has 26 heavy (non-hydrogen) atoms. The Balaban J connectivity index is 2.05. The lowest BCUT2D eigenvalue weighted by atomic mass is 10.1. The number of H-pyrrole nitrogens is 1. The number of nitrogens with zero attached hydrogens (tertiary/aromatic N) is 2. The summed E-state index contributed by atoms with van der Waals surface area (Å²) in [6.07, 6.45) is 0. The summed E-state index contributed by atoms with van der Waals surface area (Å²) in [4.78, 5) is 9.72. The van der Waals surface area contributed by atoms with Crippen LogP contribution in [0.4, 0.5) is 5.69 Å². The third-order valence-electron chi connectivity index (χ3n) is 4.36. The van der Waals surface area contributed by atoms with Crippen LogP contribution in [0.3, 0.4) is 0 Å². The summed E-state index contributed by atoms with van der Waals surface area (Å²) in [7, 11) is 5.77. The number of hydrogen-bond donors (Lipinski definition) is 1. The Hall–Kier alpha value is -2.54. The van der Waals surface area contributed by atoms with Crippen LogP contribution in [0.2, 0.25) is 0 Å². The SMILES string of the molecule is COc1ccc(OC)c2[nH]c(S(=O)C(C)c3ccccc3N(C)C)nc12. The second-order valence-corrected chi connectivity index (χ2v) is 7.82. The van der Waals surface area contributed by atoms with Crippen molar-refractivity contribution in [2.75, 3.05) is 33.2 Å². The number of imidazole rings is 1.